The lowest BCUT2D eigenvalue weighted by molar-refractivity contribution is 0.193. The van der Waals surface area contributed by atoms with Crippen LogP contribution in [0.25, 0.3) is 10.2 Å². The number of likely N-dealkylation sites (tertiary alicyclic amines) is 1. The second kappa shape index (κ2) is 6.84. The molecule has 0 saturated carbocycles. The van der Waals surface area contributed by atoms with Gasteiger partial charge in [-0.15, -0.1) is 11.3 Å². The molecular formula is C20H21N3OS. The minimum atomic E-state index is -0.0188. The normalized spacial score (nSPS) is 17.6. The van der Waals surface area contributed by atoms with Crippen molar-refractivity contribution in [2.75, 3.05) is 18.4 Å². The monoisotopic (exact) mass is 351 g/mol. The van der Waals surface area contributed by atoms with Gasteiger partial charge < -0.3 is 10.2 Å². The van der Waals surface area contributed by atoms with Gasteiger partial charge in [0.15, 0.2) is 0 Å². The molecule has 3 aromatic rings. The van der Waals surface area contributed by atoms with Gasteiger partial charge in [-0.1, -0.05) is 29.8 Å². The summed E-state index contributed by atoms with van der Waals surface area (Å²) in [6.07, 6.45) is 2.11. The largest absolute Gasteiger partial charge is 0.324 e. The lowest BCUT2D eigenvalue weighted by Crippen LogP contribution is -2.41. The summed E-state index contributed by atoms with van der Waals surface area (Å²) in [7, 11) is 0. The molecule has 4 rings (SSSR count). The van der Waals surface area contributed by atoms with E-state index in [0.29, 0.717) is 5.92 Å². The van der Waals surface area contributed by atoms with Gasteiger partial charge in [-0.05, 0) is 44.0 Å². The molecule has 1 atom stereocenters. The Hall–Kier alpha value is -2.40. The number of para-hydroxylation sites is 1. The quantitative estimate of drug-likeness (QED) is 0.705. The van der Waals surface area contributed by atoms with Crippen LogP contribution >= 0.6 is 11.3 Å². The number of urea groups is 1. The van der Waals surface area contributed by atoms with Crippen molar-refractivity contribution in [3.05, 3.63) is 59.1 Å². The minimum absolute atomic E-state index is 0.0188. The highest BCUT2D eigenvalue weighted by atomic mass is 32.1. The van der Waals surface area contributed by atoms with E-state index in [1.54, 1.807) is 11.3 Å². The maximum absolute atomic E-state index is 12.6. The third-order valence-corrected chi connectivity index (χ3v) is 5.87. The third kappa shape index (κ3) is 3.51. The molecule has 1 N–H and O–H groups in total. The van der Waals surface area contributed by atoms with E-state index in [1.165, 1.54) is 10.3 Å². The standard InChI is InChI=1S/C20H21N3OS/c1-14-8-10-16(11-9-14)21-20(24)23-12-4-5-15(13-23)19-22-17-6-2-3-7-18(17)25-19/h2-3,6-11,15H,4-5,12-13H2,1H3,(H,21,24). The molecular weight excluding hydrogens is 330 g/mol. The number of fused-ring (bicyclic) bond motifs is 1. The number of amides is 2. The van der Waals surface area contributed by atoms with Crippen LogP contribution in [0.2, 0.25) is 0 Å². The Morgan fingerprint density at radius 1 is 1.20 bits per heavy atom. The fourth-order valence-corrected chi connectivity index (χ4v) is 4.36. The Balaban J connectivity index is 1.46. The molecule has 2 amide bonds. The van der Waals surface area contributed by atoms with Gasteiger partial charge in [0.25, 0.3) is 0 Å². The summed E-state index contributed by atoms with van der Waals surface area (Å²) in [5.74, 6) is 0.329. The van der Waals surface area contributed by atoms with Crippen molar-refractivity contribution >= 4 is 33.3 Å². The molecule has 1 unspecified atom stereocenters. The predicted molar refractivity (Wildman–Crippen MR) is 103 cm³/mol. The van der Waals surface area contributed by atoms with Crippen LogP contribution in [-0.4, -0.2) is 29.0 Å². The van der Waals surface area contributed by atoms with Crippen LogP contribution in [0.1, 0.15) is 29.3 Å². The number of carbonyl (C=O) groups is 1. The van der Waals surface area contributed by atoms with Crippen molar-refractivity contribution in [1.29, 1.82) is 0 Å². The van der Waals surface area contributed by atoms with Gasteiger partial charge in [-0.25, -0.2) is 9.78 Å². The molecule has 5 heteroatoms. The maximum Gasteiger partial charge on any atom is 0.321 e. The molecule has 2 aromatic carbocycles. The van der Waals surface area contributed by atoms with E-state index in [1.807, 2.05) is 48.2 Å². The molecule has 1 aliphatic heterocycles. The van der Waals surface area contributed by atoms with E-state index in [9.17, 15) is 4.79 Å². The molecule has 0 spiro atoms. The summed E-state index contributed by atoms with van der Waals surface area (Å²) >= 11 is 1.75. The number of hydrogen-bond donors (Lipinski definition) is 1. The van der Waals surface area contributed by atoms with Crippen molar-refractivity contribution in [2.24, 2.45) is 0 Å². The van der Waals surface area contributed by atoms with Crippen molar-refractivity contribution in [2.45, 2.75) is 25.7 Å². The predicted octanol–water partition coefficient (Wildman–Crippen LogP) is 5.02. The average Bonchev–Trinajstić information content (AvgIpc) is 3.08. The second-order valence-corrected chi connectivity index (χ2v) is 7.66. The molecule has 0 bridgehead atoms. The minimum Gasteiger partial charge on any atom is -0.324 e. The van der Waals surface area contributed by atoms with Gasteiger partial charge in [0, 0.05) is 24.7 Å². The topological polar surface area (TPSA) is 45.2 Å². The Bertz CT molecular complexity index is 854. The number of carbonyl (C=O) groups excluding carboxylic acids is 1. The van der Waals surface area contributed by atoms with Crippen molar-refractivity contribution in [1.82, 2.24) is 9.88 Å². The number of thiazole rings is 1. The molecule has 4 nitrogen and oxygen atoms in total. The number of benzene rings is 2. The number of hydrogen-bond acceptors (Lipinski definition) is 3. The van der Waals surface area contributed by atoms with E-state index in [4.69, 9.17) is 4.98 Å². The van der Waals surface area contributed by atoms with Crippen LogP contribution in [0.15, 0.2) is 48.5 Å². The number of aryl methyl sites for hydroxylation is 1. The highest BCUT2D eigenvalue weighted by Crippen LogP contribution is 2.33. The molecule has 1 aromatic heterocycles. The fourth-order valence-electron chi connectivity index (χ4n) is 3.27. The Morgan fingerprint density at radius 2 is 2.00 bits per heavy atom. The molecule has 1 fully saturated rings. The van der Waals surface area contributed by atoms with E-state index >= 15 is 0 Å². The molecule has 1 saturated heterocycles. The van der Waals surface area contributed by atoms with Gasteiger partial charge in [0.1, 0.15) is 0 Å². The number of piperidine rings is 1. The molecule has 0 radical (unpaired) electrons. The summed E-state index contributed by atoms with van der Waals surface area (Å²) < 4.78 is 1.22. The molecule has 2 heterocycles. The molecule has 128 valence electrons. The second-order valence-electron chi connectivity index (χ2n) is 6.60. The van der Waals surface area contributed by atoms with Gasteiger partial charge in [0.2, 0.25) is 0 Å². The van der Waals surface area contributed by atoms with Crippen LogP contribution in [-0.2, 0) is 0 Å². The Morgan fingerprint density at radius 3 is 2.80 bits per heavy atom. The number of anilines is 1. The van der Waals surface area contributed by atoms with Crippen molar-refractivity contribution < 1.29 is 4.79 Å². The number of nitrogens with zero attached hydrogens (tertiary/aromatic N) is 2. The van der Waals surface area contributed by atoms with Gasteiger partial charge >= 0.3 is 6.03 Å². The highest BCUT2D eigenvalue weighted by Gasteiger charge is 2.27. The smallest absolute Gasteiger partial charge is 0.321 e. The average molecular weight is 351 g/mol. The Labute approximate surface area is 151 Å². The first-order chi connectivity index (χ1) is 12.2. The first-order valence-corrected chi connectivity index (χ1v) is 9.49. The SMILES string of the molecule is Cc1ccc(NC(=O)N2CCCC(c3nc4ccccc4s3)C2)cc1. The van der Waals surface area contributed by atoms with Crippen LogP contribution in [0.4, 0.5) is 10.5 Å². The van der Waals surface area contributed by atoms with Crippen LogP contribution in [0, 0.1) is 6.92 Å². The van der Waals surface area contributed by atoms with E-state index in [-0.39, 0.29) is 6.03 Å². The summed E-state index contributed by atoms with van der Waals surface area (Å²) in [6, 6.07) is 16.1. The molecule has 25 heavy (non-hydrogen) atoms. The molecule has 0 aliphatic carbocycles. The zero-order valence-electron chi connectivity index (χ0n) is 14.2. The van der Waals surface area contributed by atoms with Crippen molar-refractivity contribution in [3.8, 4) is 0 Å². The Kier molecular flexibility index (Phi) is 4.40. The summed E-state index contributed by atoms with van der Waals surface area (Å²) in [4.78, 5) is 19.3. The highest BCUT2D eigenvalue weighted by molar-refractivity contribution is 7.18. The summed E-state index contributed by atoms with van der Waals surface area (Å²) in [6.45, 7) is 3.58. The molecule has 1 aliphatic rings. The summed E-state index contributed by atoms with van der Waals surface area (Å²) in [5.41, 5.74) is 3.09. The number of nitrogens with one attached hydrogen (secondary N) is 1. The van der Waals surface area contributed by atoms with E-state index in [0.717, 1.165) is 42.1 Å². The first kappa shape index (κ1) is 16.1. The maximum atomic E-state index is 12.6. The summed E-state index contributed by atoms with van der Waals surface area (Å²) in [5, 5.41) is 4.15. The lowest BCUT2D eigenvalue weighted by atomic mass is 9.99. The lowest BCUT2D eigenvalue weighted by Gasteiger charge is -2.31. The number of rotatable bonds is 2. The van der Waals surface area contributed by atoms with E-state index in [2.05, 4.69) is 17.4 Å². The first-order valence-electron chi connectivity index (χ1n) is 8.67. The van der Waals surface area contributed by atoms with Gasteiger partial charge in [-0.3, -0.25) is 0 Å². The van der Waals surface area contributed by atoms with Crippen molar-refractivity contribution in [3.63, 3.8) is 0 Å². The van der Waals surface area contributed by atoms with E-state index < -0.39 is 0 Å². The van der Waals surface area contributed by atoms with Gasteiger partial charge in [-0.2, -0.15) is 0 Å². The third-order valence-electron chi connectivity index (χ3n) is 4.67. The zero-order chi connectivity index (χ0) is 17.2. The van der Waals surface area contributed by atoms with Crippen LogP contribution < -0.4 is 5.32 Å². The fraction of sp³-hybridized carbons (Fsp3) is 0.300. The van der Waals surface area contributed by atoms with Gasteiger partial charge in [0.05, 0.1) is 15.2 Å². The zero-order valence-corrected chi connectivity index (χ0v) is 15.1. The van der Waals surface area contributed by atoms with Crippen LogP contribution in [0.5, 0.6) is 0 Å². The van der Waals surface area contributed by atoms with Crippen LogP contribution in [0.3, 0.4) is 0 Å². The number of aromatic nitrogens is 1.